The second kappa shape index (κ2) is 7.16. The molecule has 3 heteroatoms. The minimum absolute atomic E-state index is 0.726. The van der Waals surface area contributed by atoms with Crippen LogP contribution in [0.25, 0.3) is 0 Å². The van der Waals surface area contributed by atoms with Crippen molar-refractivity contribution in [3.8, 4) is 5.75 Å². The van der Waals surface area contributed by atoms with Crippen molar-refractivity contribution in [3.05, 3.63) is 28.3 Å². The molecule has 0 spiro atoms. The third-order valence-corrected chi connectivity index (χ3v) is 4.31. The number of ether oxygens (including phenoxy) is 1. The molecule has 1 aliphatic rings. The van der Waals surface area contributed by atoms with Crippen LogP contribution in [0.15, 0.2) is 12.1 Å². The summed E-state index contributed by atoms with van der Waals surface area (Å²) >= 11 is 6.27. The van der Waals surface area contributed by atoms with E-state index in [1.807, 2.05) is 19.9 Å². The Morgan fingerprint density at radius 3 is 2.63 bits per heavy atom. The molecule has 1 fully saturated rings. The highest BCUT2D eigenvalue weighted by atomic mass is 35.5. The molecule has 106 valence electrons. The molecular weight excluding hydrogens is 258 g/mol. The van der Waals surface area contributed by atoms with Gasteiger partial charge in [-0.25, -0.2) is 0 Å². The molecule has 0 heterocycles. The first-order valence-corrected chi connectivity index (χ1v) is 7.68. The highest BCUT2D eigenvalue weighted by molar-refractivity contribution is 6.32. The van der Waals surface area contributed by atoms with Gasteiger partial charge in [0.2, 0.25) is 0 Å². The molecule has 0 aromatic heterocycles. The number of hydrogen-bond donors (Lipinski definition) is 1. The van der Waals surface area contributed by atoms with Crippen molar-refractivity contribution in [1.82, 2.24) is 5.32 Å². The number of rotatable bonds is 6. The van der Waals surface area contributed by atoms with Gasteiger partial charge in [-0.05, 0) is 50.8 Å². The molecule has 1 N–H and O–H groups in total. The maximum atomic E-state index is 6.27. The van der Waals surface area contributed by atoms with E-state index in [2.05, 4.69) is 11.4 Å². The summed E-state index contributed by atoms with van der Waals surface area (Å²) in [5.74, 6) is 0.850. The predicted octanol–water partition coefficient (Wildman–Crippen LogP) is 4.26. The van der Waals surface area contributed by atoms with Gasteiger partial charge < -0.3 is 10.1 Å². The van der Waals surface area contributed by atoms with Gasteiger partial charge in [0.05, 0.1) is 11.6 Å². The van der Waals surface area contributed by atoms with Crippen molar-refractivity contribution in [3.63, 3.8) is 0 Å². The Morgan fingerprint density at radius 1 is 1.21 bits per heavy atom. The summed E-state index contributed by atoms with van der Waals surface area (Å²) in [5.41, 5.74) is 2.19. The van der Waals surface area contributed by atoms with Gasteiger partial charge in [0.15, 0.2) is 0 Å². The fourth-order valence-corrected chi connectivity index (χ4v) is 2.88. The van der Waals surface area contributed by atoms with E-state index in [4.69, 9.17) is 16.3 Å². The first-order valence-electron chi connectivity index (χ1n) is 7.30. The first-order chi connectivity index (χ1) is 9.18. The molecule has 2 nitrogen and oxygen atoms in total. The number of benzene rings is 1. The van der Waals surface area contributed by atoms with E-state index in [9.17, 15) is 0 Å². The van der Waals surface area contributed by atoms with Crippen molar-refractivity contribution < 1.29 is 4.74 Å². The minimum atomic E-state index is 0.726. The molecule has 19 heavy (non-hydrogen) atoms. The molecular formula is C16H24ClNO. The lowest BCUT2D eigenvalue weighted by atomic mass is 10.1. The van der Waals surface area contributed by atoms with Crippen molar-refractivity contribution in [2.24, 2.45) is 0 Å². The molecule has 0 saturated heterocycles. The molecule has 0 atom stereocenters. The average Bonchev–Trinajstić information content (AvgIpc) is 2.90. The molecule has 1 aromatic rings. The van der Waals surface area contributed by atoms with E-state index in [1.165, 1.54) is 25.7 Å². The maximum Gasteiger partial charge on any atom is 0.141 e. The topological polar surface area (TPSA) is 21.3 Å². The van der Waals surface area contributed by atoms with Crippen molar-refractivity contribution in [2.75, 3.05) is 13.2 Å². The summed E-state index contributed by atoms with van der Waals surface area (Å²) in [5, 5.41) is 4.35. The van der Waals surface area contributed by atoms with Crippen LogP contribution in [0.2, 0.25) is 5.02 Å². The van der Waals surface area contributed by atoms with Crippen molar-refractivity contribution in [2.45, 2.75) is 52.0 Å². The SMILES string of the molecule is Cc1ccc(C)c(OCCCNC2CCCC2)c1Cl. The fourth-order valence-electron chi connectivity index (χ4n) is 2.61. The van der Waals surface area contributed by atoms with Crippen LogP contribution < -0.4 is 10.1 Å². The van der Waals surface area contributed by atoms with Gasteiger partial charge in [-0.1, -0.05) is 36.6 Å². The molecule has 0 bridgehead atoms. The fraction of sp³-hybridized carbons (Fsp3) is 0.625. The Morgan fingerprint density at radius 2 is 1.89 bits per heavy atom. The van der Waals surface area contributed by atoms with Crippen LogP contribution in [-0.4, -0.2) is 19.2 Å². The monoisotopic (exact) mass is 281 g/mol. The van der Waals surface area contributed by atoms with Crippen molar-refractivity contribution in [1.29, 1.82) is 0 Å². The normalized spacial score (nSPS) is 15.9. The molecule has 0 unspecified atom stereocenters. The van der Waals surface area contributed by atoms with Crippen LogP contribution in [0.4, 0.5) is 0 Å². The maximum absolute atomic E-state index is 6.27. The van der Waals surface area contributed by atoms with E-state index in [-0.39, 0.29) is 0 Å². The van der Waals surface area contributed by atoms with Gasteiger partial charge in [-0.3, -0.25) is 0 Å². The van der Waals surface area contributed by atoms with Crippen LogP contribution in [0.1, 0.15) is 43.2 Å². The standard InChI is InChI=1S/C16H24ClNO/c1-12-8-9-13(2)16(15(12)17)19-11-5-10-18-14-6-3-4-7-14/h8-9,14,18H,3-7,10-11H2,1-2H3. The second-order valence-corrected chi connectivity index (χ2v) is 5.86. The lowest BCUT2D eigenvalue weighted by Gasteiger charge is -2.14. The molecule has 0 aliphatic heterocycles. The summed E-state index contributed by atoms with van der Waals surface area (Å²) in [4.78, 5) is 0. The van der Waals surface area contributed by atoms with Crippen LogP contribution in [0.5, 0.6) is 5.75 Å². The average molecular weight is 282 g/mol. The highest BCUT2D eigenvalue weighted by Gasteiger charge is 2.13. The smallest absolute Gasteiger partial charge is 0.141 e. The molecule has 1 aromatic carbocycles. The van der Waals surface area contributed by atoms with Gasteiger partial charge in [0.25, 0.3) is 0 Å². The lowest BCUT2D eigenvalue weighted by Crippen LogP contribution is -2.27. The summed E-state index contributed by atoms with van der Waals surface area (Å²) < 4.78 is 5.84. The van der Waals surface area contributed by atoms with Crippen LogP contribution in [0, 0.1) is 13.8 Å². The van der Waals surface area contributed by atoms with Crippen LogP contribution >= 0.6 is 11.6 Å². The van der Waals surface area contributed by atoms with E-state index in [0.29, 0.717) is 0 Å². The lowest BCUT2D eigenvalue weighted by molar-refractivity contribution is 0.303. The molecule has 0 radical (unpaired) electrons. The summed E-state index contributed by atoms with van der Waals surface area (Å²) in [6.07, 6.45) is 6.46. The van der Waals surface area contributed by atoms with Gasteiger partial charge in [-0.2, -0.15) is 0 Å². The van der Waals surface area contributed by atoms with E-state index >= 15 is 0 Å². The number of aryl methyl sites for hydroxylation is 2. The van der Waals surface area contributed by atoms with Crippen molar-refractivity contribution >= 4 is 11.6 Å². The predicted molar refractivity (Wildman–Crippen MR) is 81.3 cm³/mol. The van der Waals surface area contributed by atoms with Gasteiger partial charge in [0, 0.05) is 6.04 Å². The number of nitrogens with one attached hydrogen (secondary N) is 1. The Bertz CT molecular complexity index is 413. The first kappa shape index (κ1) is 14.7. The Balaban J connectivity index is 1.72. The zero-order valence-corrected chi connectivity index (χ0v) is 12.7. The molecule has 0 amide bonds. The van der Waals surface area contributed by atoms with Gasteiger partial charge in [0.1, 0.15) is 5.75 Å². The van der Waals surface area contributed by atoms with Gasteiger partial charge >= 0.3 is 0 Å². The molecule has 2 rings (SSSR count). The van der Waals surface area contributed by atoms with Crippen LogP contribution in [-0.2, 0) is 0 Å². The minimum Gasteiger partial charge on any atom is -0.492 e. The van der Waals surface area contributed by atoms with E-state index < -0.39 is 0 Å². The highest BCUT2D eigenvalue weighted by Crippen LogP contribution is 2.31. The quantitative estimate of drug-likeness (QED) is 0.787. The second-order valence-electron chi connectivity index (χ2n) is 5.48. The molecule has 1 aliphatic carbocycles. The summed E-state index contributed by atoms with van der Waals surface area (Å²) in [6.45, 7) is 5.81. The Kier molecular flexibility index (Phi) is 5.53. The van der Waals surface area contributed by atoms with E-state index in [1.54, 1.807) is 0 Å². The van der Waals surface area contributed by atoms with E-state index in [0.717, 1.165) is 47.5 Å². The Hall–Kier alpha value is -0.730. The summed E-state index contributed by atoms with van der Waals surface area (Å²) in [6, 6.07) is 4.84. The Labute approximate surface area is 121 Å². The third kappa shape index (κ3) is 4.12. The number of hydrogen-bond acceptors (Lipinski definition) is 2. The largest absolute Gasteiger partial charge is 0.492 e. The summed E-state index contributed by atoms with van der Waals surface area (Å²) in [7, 11) is 0. The zero-order chi connectivity index (χ0) is 13.7. The van der Waals surface area contributed by atoms with Gasteiger partial charge in [-0.15, -0.1) is 0 Å². The number of halogens is 1. The zero-order valence-electron chi connectivity index (χ0n) is 12.0. The third-order valence-electron chi connectivity index (χ3n) is 3.84. The van der Waals surface area contributed by atoms with Crippen LogP contribution in [0.3, 0.4) is 0 Å². The molecule has 1 saturated carbocycles.